The van der Waals surface area contributed by atoms with E-state index in [4.69, 9.17) is 0 Å². The lowest BCUT2D eigenvalue weighted by Gasteiger charge is -2.34. The van der Waals surface area contributed by atoms with Crippen LogP contribution in [0.3, 0.4) is 0 Å². The fourth-order valence-electron chi connectivity index (χ4n) is 4.13. The van der Waals surface area contributed by atoms with E-state index in [0.29, 0.717) is 24.6 Å². The van der Waals surface area contributed by atoms with E-state index in [2.05, 4.69) is 25.3 Å². The van der Waals surface area contributed by atoms with Gasteiger partial charge in [0.15, 0.2) is 0 Å². The second-order valence-corrected chi connectivity index (χ2v) is 8.16. The van der Waals surface area contributed by atoms with Gasteiger partial charge in [0.1, 0.15) is 11.7 Å². The summed E-state index contributed by atoms with van der Waals surface area (Å²) < 4.78 is 39.6. The molecule has 3 aromatic rings. The zero-order valence-electron chi connectivity index (χ0n) is 18.1. The first-order valence-corrected chi connectivity index (χ1v) is 10.5. The van der Waals surface area contributed by atoms with Crippen molar-refractivity contribution < 1.29 is 18.0 Å². The van der Waals surface area contributed by atoms with Crippen LogP contribution in [0.1, 0.15) is 37.8 Å². The SMILES string of the molecule is CC(=O)N1CCC(C(C)Nc2ncc(C#N)c(-c3c[nH]c4ncc(C(F)(F)F)cc34)n2)CC1. The summed E-state index contributed by atoms with van der Waals surface area (Å²) in [6, 6.07) is 3.00. The van der Waals surface area contributed by atoms with E-state index in [1.807, 2.05) is 17.9 Å². The van der Waals surface area contributed by atoms with Gasteiger partial charge in [-0.1, -0.05) is 0 Å². The van der Waals surface area contributed by atoms with Crippen molar-refractivity contribution in [2.45, 2.75) is 38.9 Å². The molecule has 1 amide bonds. The van der Waals surface area contributed by atoms with Crippen molar-refractivity contribution in [3.05, 3.63) is 35.8 Å². The number of nitrogens with zero attached hydrogens (tertiary/aromatic N) is 5. The number of carbonyl (C=O) groups excluding carboxylic acids is 1. The Hall–Kier alpha value is -3.68. The molecule has 0 aromatic carbocycles. The lowest BCUT2D eigenvalue weighted by Crippen LogP contribution is -2.41. The average molecular weight is 457 g/mol. The van der Waals surface area contributed by atoms with Gasteiger partial charge in [0.25, 0.3) is 0 Å². The minimum Gasteiger partial charge on any atom is -0.351 e. The summed E-state index contributed by atoms with van der Waals surface area (Å²) in [4.78, 5) is 28.7. The lowest BCUT2D eigenvalue weighted by atomic mass is 9.90. The Labute approximate surface area is 187 Å². The Balaban J connectivity index is 1.62. The van der Waals surface area contributed by atoms with E-state index < -0.39 is 11.7 Å². The first kappa shape index (κ1) is 22.5. The van der Waals surface area contributed by atoms with Gasteiger partial charge in [0.05, 0.1) is 23.0 Å². The molecule has 0 aliphatic carbocycles. The number of aromatic amines is 1. The normalized spacial score (nSPS) is 15.9. The molecule has 1 unspecified atom stereocenters. The maximum atomic E-state index is 13.2. The molecule has 4 rings (SSSR count). The Bertz CT molecular complexity index is 1220. The van der Waals surface area contributed by atoms with Gasteiger partial charge in [0.2, 0.25) is 11.9 Å². The van der Waals surface area contributed by atoms with Gasteiger partial charge < -0.3 is 15.2 Å². The molecular formula is C22H22F3N7O. The molecular weight excluding hydrogens is 435 g/mol. The third-order valence-electron chi connectivity index (χ3n) is 6.07. The number of carbonyl (C=O) groups is 1. The Morgan fingerprint density at radius 2 is 2.03 bits per heavy atom. The van der Waals surface area contributed by atoms with Crippen molar-refractivity contribution in [3.63, 3.8) is 0 Å². The number of anilines is 1. The number of H-pyrrole nitrogens is 1. The molecule has 172 valence electrons. The number of aromatic nitrogens is 4. The van der Waals surface area contributed by atoms with Crippen molar-refractivity contribution in [3.8, 4) is 17.3 Å². The van der Waals surface area contributed by atoms with Gasteiger partial charge in [-0.05, 0) is 31.7 Å². The molecule has 1 fully saturated rings. The topological polar surface area (TPSA) is 111 Å². The molecule has 1 atom stereocenters. The van der Waals surface area contributed by atoms with E-state index in [1.165, 1.54) is 12.4 Å². The summed E-state index contributed by atoms with van der Waals surface area (Å²) in [6.45, 7) is 4.94. The van der Waals surface area contributed by atoms with Gasteiger partial charge >= 0.3 is 6.18 Å². The summed E-state index contributed by atoms with van der Waals surface area (Å²) in [6.07, 6.45) is 0.747. The van der Waals surface area contributed by atoms with E-state index in [9.17, 15) is 23.2 Å². The third kappa shape index (κ3) is 4.60. The van der Waals surface area contributed by atoms with Crippen molar-refractivity contribution in [1.82, 2.24) is 24.8 Å². The third-order valence-corrected chi connectivity index (χ3v) is 6.07. The van der Waals surface area contributed by atoms with E-state index >= 15 is 0 Å². The van der Waals surface area contributed by atoms with Crippen LogP contribution < -0.4 is 5.32 Å². The van der Waals surface area contributed by atoms with Crippen LogP contribution in [0.5, 0.6) is 0 Å². The van der Waals surface area contributed by atoms with Gasteiger partial charge in [-0.3, -0.25) is 4.79 Å². The number of halogens is 3. The zero-order valence-corrected chi connectivity index (χ0v) is 18.1. The van der Waals surface area contributed by atoms with Crippen LogP contribution in [0.25, 0.3) is 22.3 Å². The maximum Gasteiger partial charge on any atom is 0.417 e. The van der Waals surface area contributed by atoms with E-state index in [1.54, 1.807) is 6.92 Å². The van der Waals surface area contributed by atoms with Gasteiger partial charge in [0, 0.05) is 49.4 Å². The highest BCUT2D eigenvalue weighted by Crippen LogP contribution is 2.35. The fraction of sp³-hybridized carbons (Fsp3) is 0.409. The lowest BCUT2D eigenvalue weighted by molar-refractivity contribution is -0.137. The Morgan fingerprint density at radius 3 is 2.67 bits per heavy atom. The van der Waals surface area contributed by atoms with Gasteiger partial charge in [-0.15, -0.1) is 0 Å². The number of hydrogen-bond acceptors (Lipinski definition) is 6. The average Bonchev–Trinajstić information content (AvgIpc) is 3.21. The molecule has 4 heterocycles. The highest BCUT2D eigenvalue weighted by Gasteiger charge is 2.32. The maximum absolute atomic E-state index is 13.2. The summed E-state index contributed by atoms with van der Waals surface area (Å²) >= 11 is 0. The summed E-state index contributed by atoms with van der Waals surface area (Å²) in [5, 5.41) is 13.0. The minimum atomic E-state index is -4.54. The predicted molar refractivity (Wildman–Crippen MR) is 115 cm³/mol. The number of amides is 1. The number of nitrogens with one attached hydrogen (secondary N) is 2. The second-order valence-electron chi connectivity index (χ2n) is 8.16. The highest BCUT2D eigenvalue weighted by atomic mass is 19.4. The van der Waals surface area contributed by atoms with E-state index in [-0.39, 0.29) is 40.2 Å². The van der Waals surface area contributed by atoms with Gasteiger partial charge in [-0.2, -0.15) is 18.4 Å². The Kier molecular flexibility index (Phi) is 5.93. The quantitative estimate of drug-likeness (QED) is 0.613. The largest absolute Gasteiger partial charge is 0.417 e. The number of rotatable bonds is 4. The predicted octanol–water partition coefficient (Wildman–Crippen LogP) is 3.97. The molecule has 0 bridgehead atoms. The first-order valence-electron chi connectivity index (χ1n) is 10.5. The summed E-state index contributed by atoms with van der Waals surface area (Å²) in [5.41, 5.74) is 0.0863. The van der Waals surface area contributed by atoms with Crippen LogP contribution >= 0.6 is 0 Å². The molecule has 2 N–H and O–H groups in total. The van der Waals surface area contributed by atoms with Crippen molar-refractivity contribution in [2.24, 2.45) is 5.92 Å². The van der Waals surface area contributed by atoms with Crippen LogP contribution in [0.2, 0.25) is 0 Å². The van der Waals surface area contributed by atoms with Crippen LogP contribution in [-0.2, 0) is 11.0 Å². The smallest absolute Gasteiger partial charge is 0.351 e. The molecule has 1 aliphatic heterocycles. The number of likely N-dealkylation sites (tertiary alicyclic amines) is 1. The van der Waals surface area contributed by atoms with Gasteiger partial charge in [-0.25, -0.2) is 15.0 Å². The number of fused-ring (bicyclic) bond motifs is 1. The molecule has 1 saturated heterocycles. The van der Waals surface area contributed by atoms with Crippen LogP contribution in [0.4, 0.5) is 19.1 Å². The molecule has 0 radical (unpaired) electrons. The zero-order chi connectivity index (χ0) is 23.8. The summed E-state index contributed by atoms with van der Waals surface area (Å²) in [5.74, 6) is 0.644. The number of nitriles is 1. The van der Waals surface area contributed by atoms with Crippen LogP contribution in [0, 0.1) is 17.2 Å². The monoisotopic (exact) mass is 457 g/mol. The van der Waals surface area contributed by atoms with Crippen molar-refractivity contribution in [2.75, 3.05) is 18.4 Å². The second kappa shape index (κ2) is 8.69. The Morgan fingerprint density at radius 1 is 1.30 bits per heavy atom. The molecule has 0 spiro atoms. The van der Waals surface area contributed by atoms with E-state index in [0.717, 1.165) is 25.1 Å². The minimum absolute atomic E-state index is 0.00126. The van der Waals surface area contributed by atoms with Crippen molar-refractivity contribution >= 4 is 22.9 Å². The molecule has 11 heteroatoms. The molecule has 33 heavy (non-hydrogen) atoms. The molecule has 8 nitrogen and oxygen atoms in total. The van der Waals surface area contributed by atoms with Crippen LogP contribution in [0.15, 0.2) is 24.7 Å². The summed E-state index contributed by atoms with van der Waals surface area (Å²) in [7, 11) is 0. The number of alkyl halides is 3. The first-order chi connectivity index (χ1) is 15.7. The molecule has 0 saturated carbocycles. The number of piperidine rings is 1. The number of pyridine rings is 1. The van der Waals surface area contributed by atoms with Crippen LogP contribution in [-0.4, -0.2) is 49.9 Å². The standard InChI is InChI=1S/C22H22F3N7O/c1-12(14-3-5-32(6-4-14)13(2)33)30-21-29-9-15(8-26)19(31-21)18-11-28-20-17(18)7-16(10-27-20)22(23,24)25/h7,9-12,14H,3-6H2,1-2H3,(H,27,28)(H,29,30,31). The number of hydrogen-bond donors (Lipinski definition) is 2. The fourth-order valence-corrected chi connectivity index (χ4v) is 4.13. The van der Waals surface area contributed by atoms with Crippen molar-refractivity contribution in [1.29, 1.82) is 5.26 Å². The molecule has 1 aliphatic rings. The highest BCUT2D eigenvalue weighted by molar-refractivity contribution is 5.94. The molecule has 3 aromatic heterocycles.